The Morgan fingerprint density at radius 3 is 2.53 bits per heavy atom. The molecule has 1 aliphatic carbocycles. The minimum atomic E-state index is 0.347. The Morgan fingerprint density at radius 1 is 1.29 bits per heavy atom. The lowest BCUT2D eigenvalue weighted by atomic mass is 9.91. The second kappa shape index (κ2) is 5.25. The third-order valence-corrected chi connectivity index (χ3v) is 4.03. The number of ether oxygens (including phenoxy) is 1. The van der Waals surface area contributed by atoms with E-state index in [1.807, 2.05) is 0 Å². The summed E-state index contributed by atoms with van der Waals surface area (Å²) in [5.41, 5.74) is 0.347. The van der Waals surface area contributed by atoms with Gasteiger partial charge in [0, 0.05) is 31.8 Å². The zero-order chi connectivity index (χ0) is 12.5. The first kappa shape index (κ1) is 13.3. The summed E-state index contributed by atoms with van der Waals surface area (Å²) in [6, 6.07) is 1.42. The van der Waals surface area contributed by atoms with E-state index >= 15 is 0 Å². The fraction of sp³-hybridized carbons (Fsp3) is 1.00. The third-order valence-electron chi connectivity index (χ3n) is 4.03. The van der Waals surface area contributed by atoms with Crippen molar-refractivity contribution in [3.8, 4) is 0 Å². The standard InChI is InChI=1S/C14H28N2O/c1-11-13(7-8-17-11)16(4)10-14(2,3)9-15-12-5-6-12/h11-13,15H,5-10H2,1-4H3. The molecule has 1 heterocycles. The average Bonchev–Trinajstić information content (AvgIpc) is 2.97. The predicted molar refractivity (Wildman–Crippen MR) is 71.3 cm³/mol. The molecule has 0 aromatic rings. The fourth-order valence-corrected chi connectivity index (χ4v) is 2.86. The van der Waals surface area contributed by atoms with Gasteiger partial charge in [0.1, 0.15) is 0 Å². The van der Waals surface area contributed by atoms with Crippen molar-refractivity contribution < 1.29 is 4.74 Å². The van der Waals surface area contributed by atoms with Gasteiger partial charge in [0.25, 0.3) is 0 Å². The van der Waals surface area contributed by atoms with Crippen LogP contribution in [-0.4, -0.2) is 49.8 Å². The van der Waals surface area contributed by atoms with Crippen LogP contribution in [0.4, 0.5) is 0 Å². The van der Waals surface area contributed by atoms with Crippen molar-refractivity contribution in [2.75, 3.05) is 26.7 Å². The Bertz CT molecular complexity index is 251. The van der Waals surface area contributed by atoms with Crippen LogP contribution in [0, 0.1) is 5.41 Å². The maximum Gasteiger partial charge on any atom is 0.0702 e. The molecular weight excluding hydrogens is 212 g/mol. The van der Waals surface area contributed by atoms with Crippen LogP contribution in [0.15, 0.2) is 0 Å². The van der Waals surface area contributed by atoms with Crippen LogP contribution >= 0.6 is 0 Å². The van der Waals surface area contributed by atoms with E-state index in [1.54, 1.807) is 0 Å². The molecule has 1 N–H and O–H groups in total. The van der Waals surface area contributed by atoms with Gasteiger partial charge in [-0.05, 0) is 38.6 Å². The highest BCUT2D eigenvalue weighted by Gasteiger charge is 2.32. The molecule has 0 amide bonds. The topological polar surface area (TPSA) is 24.5 Å². The van der Waals surface area contributed by atoms with E-state index in [2.05, 4.69) is 38.0 Å². The lowest BCUT2D eigenvalue weighted by Gasteiger charge is -2.35. The molecule has 2 fully saturated rings. The smallest absolute Gasteiger partial charge is 0.0702 e. The molecule has 0 aromatic heterocycles. The van der Waals surface area contributed by atoms with Crippen LogP contribution in [0.5, 0.6) is 0 Å². The first-order chi connectivity index (χ1) is 7.98. The van der Waals surface area contributed by atoms with Crippen LogP contribution < -0.4 is 5.32 Å². The lowest BCUT2D eigenvalue weighted by Crippen LogP contribution is -2.45. The number of likely N-dealkylation sites (N-methyl/N-ethyl adjacent to an activating group) is 1. The molecular formula is C14H28N2O. The summed E-state index contributed by atoms with van der Waals surface area (Å²) in [4.78, 5) is 2.49. The van der Waals surface area contributed by atoms with Crippen LogP contribution in [0.1, 0.15) is 40.0 Å². The van der Waals surface area contributed by atoms with E-state index in [0.29, 0.717) is 17.6 Å². The molecule has 1 saturated carbocycles. The summed E-state index contributed by atoms with van der Waals surface area (Å²) in [7, 11) is 2.24. The number of hydrogen-bond acceptors (Lipinski definition) is 3. The lowest BCUT2D eigenvalue weighted by molar-refractivity contribution is 0.0692. The van der Waals surface area contributed by atoms with Gasteiger partial charge in [0.05, 0.1) is 6.10 Å². The van der Waals surface area contributed by atoms with Gasteiger partial charge in [-0.15, -0.1) is 0 Å². The Labute approximate surface area is 106 Å². The molecule has 3 heteroatoms. The van der Waals surface area contributed by atoms with Crippen molar-refractivity contribution in [1.82, 2.24) is 10.2 Å². The molecule has 2 aliphatic rings. The second-order valence-electron chi connectivity index (χ2n) is 6.67. The molecule has 17 heavy (non-hydrogen) atoms. The van der Waals surface area contributed by atoms with E-state index in [9.17, 15) is 0 Å². The van der Waals surface area contributed by atoms with Gasteiger partial charge >= 0.3 is 0 Å². The molecule has 0 spiro atoms. The average molecular weight is 240 g/mol. The number of nitrogens with one attached hydrogen (secondary N) is 1. The van der Waals surface area contributed by atoms with Crippen molar-refractivity contribution in [2.45, 2.75) is 58.2 Å². The van der Waals surface area contributed by atoms with Crippen LogP contribution in [0.2, 0.25) is 0 Å². The van der Waals surface area contributed by atoms with Gasteiger partial charge in [0.15, 0.2) is 0 Å². The van der Waals surface area contributed by atoms with Crippen LogP contribution in [0.25, 0.3) is 0 Å². The molecule has 0 bridgehead atoms. The summed E-state index contributed by atoms with van der Waals surface area (Å²) in [5.74, 6) is 0. The minimum absolute atomic E-state index is 0.347. The molecule has 0 aromatic carbocycles. The van der Waals surface area contributed by atoms with Crippen molar-refractivity contribution in [1.29, 1.82) is 0 Å². The normalized spacial score (nSPS) is 30.2. The van der Waals surface area contributed by atoms with Gasteiger partial charge in [-0.1, -0.05) is 13.8 Å². The summed E-state index contributed by atoms with van der Waals surface area (Å²) < 4.78 is 5.65. The van der Waals surface area contributed by atoms with Crippen molar-refractivity contribution in [3.63, 3.8) is 0 Å². The first-order valence-electron chi connectivity index (χ1n) is 7.03. The second-order valence-corrected chi connectivity index (χ2v) is 6.67. The zero-order valence-electron chi connectivity index (χ0n) is 11.8. The fourth-order valence-electron chi connectivity index (χ4n) is 2.86. The Morgan fingerprint density at radius 2 is 2.00 bits per heavy atom. The minimum Gasteiger partial charge on any atom is -0.377 e. The molecule has 2 atom stereocenters. The monoisotopic (exact) mass is 240 g/mol. The maximum atomic E-state index is 5.65. The van der Waals surface area contributed by atoms with Gasteiger partial charge in [-0.2, -0.15) is 0 Å². The largest absolute Gasteiger partial charge is 0.377 e. The number of nitrogens with zero attached hydrogens (tertiary/aromatic N) is 1. The molecule has 0 radical (unpaired) electrons. The summed E-state index contributed by atoms with van der Waals surface area (Å²) in [5, 5.41) is 3.65. The van der Waals surface area contributed by atoms with Gasteiger partial charge < -0.3 is 15.0 Å². The Kier molecular flexibility index (Phi) is 4.11. The Hall–Kier alpha value is -0.120. The zero-order valence-corrected chi connectivity index (χ0v) is 11.8. The SMILES string of the molecule is CC1OCCC1N(C)CC(C)(C)CNC1CC1. The highest BCUT2D eigenvalue weighted by atomic mass is 16.5. The van der Waals surface area contributed by atoms with E-state index in [-0.39, 0.29) is 0 Å². The highest BCUT2D eigenvalue weighted by Crippen LogP contribution is 2.25. The Balaban J connectivity index is 1.76. The molecule has 100 valence electrons. The van der Waals surface area contributed by atoms with E-state index < -0.39 is 0 Å². The van der Waals surface area contributed by atoms with Crippen LogP contribution in [0.3, 0.4) is 0 Å². The predicted octanol–water partition coefficient (Wildman–Crippen LogP) is 1.87. The van der Waals surface area contributed by atoms with E-state index in [0.717, 1.165) is 25.7 Å². The van der Waals surface area contributed by atoms with Gasteiger partial charge in [-0.3, -0.25) is 0 Å². The summed E-state index contributed by atoms with van der Waals surface area (Å²) in [6.07, 6.45) is 4.33. The molecule has 1 saturated heterocycles. The van der Waals surface area contributed by atoms with E-state index in [1.165, 1.54) is 19.3 Å². The highest BCUT2D eigenvalue weighted by molar-refractivity contribution is 4.87. The molecule has 2 unspecified atom stereocenters. The molecule has 2 rings (SSSR count). The third kappa shape index (κ3) is 3.94. The number of rotatable bonds is 6. The van der Waals surface area contributed by atoms with Crippen molar-refractivity contribution >= 4 is 0 Å². The molecule has 3 nitrogen and oxygen atoms in total. The van der Waals surface area contributed by atoms with Gasteiger partial charge in [-0.25, -0.2) is 0 Å². The summed E-state index contributed by atoms with van der Waals surface area (Å²) in [6.45, 7) is 10.1. The van der Waals surface area contributed by atoms with Crippen molar-refractivity contribution in [2.24, 2.45) is 5.41 Å². The number of hydrogen-bond donors (Lipinski definition) is 1. The quantitative estimate of drug-likeness (QED) is 0.767. The first-order valence-corrected chi connectivity index (χ1v) is 7.03. The van der Waals surface area contributed by atoms with Crippen LogP contribution in [-0.2, 0) is 4.74 Å². The molecule has 1 aliphatic heterocycles. The van der Waals surface area contributed by atoms with Gasteiger partial charge in [0.2, 0.25) is 0 Å². The maximum absolute atomic E-state index is 5.65. The van der Waals surface area contributed by atoms with E-state index in [4.69, 9.17) is 4.74 Å². The van der Waals surface area contributed by atoms with Crippen molar-refractivity contribution in [3.05, 3.63) is 0 Å². The summed E-state index contributed by atoms with van der Waals surface area (Å²) >= 11 is 0.